The van der Waals surface area contributed by atoms with Crippen molar-refractivity contribution in [2.45, 2.75) is 39.3 Å². The average Bonchev–Trinajstić information content (AvgIpc) is 3.34. The van der Waals surface area contributed by atoms with Gasteiger partial charge < -0.3 is 15.5 Å². The Labute approximate surface area is 365 Å². The summed E-state index contributed by atoms with van der Waals surface area (Å²) in [7, 11) is 0. The van der Waals surface area contributed by atoms with Gasteiger partial charge in [0.25, 0.3) is 0 Å². The third-order valence-corrected chi connectivity index (χ3v) is 13.3. The summed E-state index contributed by atoms with van der Waals surface area (Å²) in [4.78, 5) is 4.99. The molecule has 0 saturated carbocycles. The topological polar surface area (TPSA) is 32.5 Å². The minimum absolute atomic E-state index is 0.0353. The van der Waals surface area contributed by atoms with Crippen molar-refractivity contribution >= 4 is 77.1 Å². The Kier molecular flexibility index (Phi) is 10.2. The lowest BCUT2D eigenvalue weighted by Gasteiger charge is -2.38. The minimum Gasteiger partial charge on any atom is -0.397 e. The molecule has 0 spiro atoms. The van der Waals surface area contributed by atoms with Gasteiger partial charge in [0.05, 0.1) is 23.1 Å². The van der Waals surface area contributed by atoms with Crippen LogP contribution in [-0.2, 0) is 0 Å². The average molecular weight is 802 g/mol. The summed E-state index contributed by atoms with van der Waals surface area (Å²) in [5, 5.41) is 9.65. The zero-order valence-electron chi connectivity index (χ0n) is 35.7. The van der Waals surface area contributed by atoms with Gasteiger partial charge in [0, 0.05) is 39.5 Å². The van der Waals surface area contributed by atoms with Crippen molar-refractivity contribution in [2.75, 3.05) is 15.5 Å². The standard InChI is InChI=1S/C59H51N3/c1-39(43-19-7-5-8-20-43)41(3)61(58-40(2)49-23-11-12-24-50(49)52-26-14-17-29-55(52)58)47-35-31-45(32-36-47)46-33-37-48(38-34-46)62(42(4)44-21-9-6-10-22-44)59-56-30-18-15-27-53(56)51-25-13-16-28-54(51)57(59)60/h5-21,23-38,41-42,44H,1,22,60H2,2-4H3/t41-,42?,44?/m0/s1. The molecule has 1 aliphatic carbocycles. The Morgan fingerprint density at radius 2 is 0.968 bits per heavy atom. The highest BCUT2D eigenvalue weighted by Crippen LogP contribution is 2.47. The third-order valence-electron chi connectivity index (χ3n) is 13.3. The van der Waals surface area contributed by atoms with Crippen LogP contribution in [0.1, 0.15) is 31.4 Å². The van der Waals surface area contributed by atoms with E-state index >= 15 is 0 Å². The summed E-state index contributed by atoms with van der Waals surface area (Å²) in [5.41, 5.74) is 18.3. The summed E-state index contributed by atoms with van der Waals surface area (Å²) < 4.78 is 0. The van der Waals surface area contributed by atoms with Gasteiger partial charge in [-0.05, 0) is 106 Å². The van der Waals surface area contributed by atoms with E-state index in [0.717, 1.165) is 62.2 Å². The quantitative estimate of drug-likeness (QED) is 0.0849. The molecule has 9 aromatic carbocycles. The van der Waals surface area contributed by atoms with Crippen LogP contribution in [0.5, 0.6) is 0 Å². The molecule has 1 aliphatic rings. The predicted molar refractivity (Wildman–Crippen MR) is 269 cm³/mol. The molecule has 0 aliphatic heterocycles. The maximum Gasteiger partial charge on any atom is 0.0733 e. The van der Waals surface area contributed by atoms with E-state index < -0.39 is 0 Å². The first-order valence-electron chi connectivity index (χ1n) is 21.8. The monoisotopic (exact) mass is 801 g/mol. The van der Waals surface area contributed by atoms with Gasteiger partial charge in [0.2, 0.25) is 0 Å². The van der Waals surface area contributed by atoms with Gasteiger partial charge in [-0.3, -0.25) is 0 Å². The van der Waals surface area contributed by atoms with Crippen LogP contribution in [0, 0.1) is 12.8 Å². The van der Waals surface area contributed by atoms with Gasteiger partial charge in [-0.1, -0.05) is 183 Å². The molecular formula is C59H51N3. The fourth-order valence-corrected chi connectivity index (χ4v) is 9.96. The third kappa shape index (κ3) is 6.71. The van der Waals surface area contributed by atoms with Gasteiger partial charge in [0.1, 0.15) is 0 Å². The van der Waals surface area contributed by atoms with E-state index in [2.05, 4.69) is 231 Å². The van der Waals surface area contributed by atoms with Crippen molar-refractivity contribution in [3.63, 3.8) is 0 Å². The molecule has 62 heavy (non-hydrogen) atoms. The Balaban J connectivity index is 1.06. The smallest absolute Gasteiger partial charge is 0.0733 e. The van der Waals surface area contributed by atoms with Crippen LogP contribution >= 0.6 is 0 Å². The molecule has 0 aromatic heterocycles. The number of hydrogen-bond acceptors (Lipinski definition) is 3. The Morgan fingerprint density at radius 1 is 0.516 bits per heavy atom. The normalized spacial score (nSPS) is 14.7. The highest BCUT2D eigenvalue weighted by Gasteiger charge is 2.29. The van der Waals surface area contributed by atoms with Gasteiger partial charge in [0.15, 0.2) is 0 Å². The van der Waals surface area contributed by atoms with Crippen LogP contribution in [0.2, 0.25) is 0 Å². The molecule has 0 amide bonds. The second kappa shape index (κ2) is 16.2. The number of rotatable bonds is 10. The van der Waals surface area contributed by atoms with Crippen molar-refractivity contribution < 1.29 is 0 Å². The van der Waals surface area contributed by atoms with Crippen molar-refractivity contribution in [3.8, 4) is 11.1 Å². The summed E-state index contributed by atoms with van der Waals surface area (Å²) in [6.45, 7) is 11.6. The number of nitrogens with zero attached hydrogens (tertiary/aromatic N) is 2. The number of hydrogen-bond donors (Lipinski definition) is 1. The second-order valence-corrected chi connectivity index (χ2v) is 16.8. The van der Waals surface area contributed by atoms with Gasteiger partial charge in [-0.2, -0.15) is 0 Å². The van der Waals surface area contributed by atoms with E-state index in [1.165, 1.54) is 43.6 Å². The van der Waals surface area contributed by atoms with E-state index in [0.29, 0.717) is 5.92 Å². The van der Waals surface area contributed by atoms with Crippen LogP contribution in [0.15, 0.2) is 207 Å². The predicted octanol–water partition coefficient (Wildman–Crippen LogP) is 15.8. The number of nitrogens with two attached hydrogens (primary N) is 1. The number of fused-ring (bicyclic) bond motifs is 6. The largest absolute Gasteiger partial charge is 0.397 e. The van der Waals surface area contributed by atoms with Crippen LogP contribution in [-0.4, -0.2) is 12.1 Å². The maximum absolute atomic E-state index is 7.25. The molecule has 0 bridgehead atoms. The lowest BCUT2D eigenvalue weighted by Crippen LogP contribution is -2.35. The van der Waals surface area contributed by atoms with Crippen LogP contribution in [0.3, 0.4) is 0 Å². The zero-order valence-corrected chi connectivity index (χ0v) is 35.7. The number of allylic oxidation sites excluding steroid dienone is 3. The Morgan fingerprint density at radius 3 is 1.52 bits per heavy atom. The molecule has 10 rings (SSSR count). The summed E-state index contributed by atoms with van der Waals surface area (Å²) >= 11 is 0. The van der Waals surface area contributed by atoms with E-state index in [4.69, 9.17) is 12.3 Å². The molecule has 2 N–H and O–H groups in total. The molecule has 0 fully saturated rings. The van der Waals surface area contributed by atoms with Crippen LogP contribution in [0.4, 0.5) is 28.4 Å². The van der Waals surface area contributed by atoms with Crippen LogP contribution in [0.25, 0.3) is 59.8 Å². The first kappa shape index (κ1) is 38.8. The summed E-state index contributed by atoms with van der Waals surface area (Å²) in [6, 6.07) is 63.7. The summed E-state index contributed by atoms with van der Waals surface area (Å²) in [6.07, 6.45) is 9.93. The fourth-order valence-electron chi connectivity index (χ4n) is 9.96. The molecule has 9 aromatic rings. The van der Waals surface area contributed by atoms with Crippen molar-refractivity contribution in [2.24, 2.45) is 5.92 Å². The number of benzene rings is 9. The van der Waals surface area contributed by atoms with Gasteiger partial charge in [-0.25, -0.2) is 0 Å². The number of nitrogen functional groups attached to an aromatic ring is 1. The molecule has 302 valence electrons. The first-order valence-corrected chi connectivity index (χ1v) is 21.8. The first-order chi connectivity index (χ1) is 30.4. The van der Waals surface area contributed by atoms with E-state index in [-0.39, 0.29) is 12.1 Å². The molecular weight excluding hydrogens is 751 g/mol. The molecule has 3 atom stereocenters. The van der Waals surface area contributed by atoms with E-state index in [1.807, 2.05) is 0 Å². The SMILES string of the molecule is C=C(c1ccccc1)[C@H](C)N(c1ccc(-c2ccc(N(c3c(N)c4ccccc4c4ccccc34)C(C)C3C=CC=CC3)cc2)cc1)c1c(C)c2ccccc2c2ccccc12. The van der Waals surface area contributed by atoms with Gasteiger partial charge >= 0.3 is 0 Å². The summed E-state index contributed by atoms with van der Waals surface area (Å²) in [5.74, 6) is 0.323. The van der Waals surface area contributed by atoms with Gasteiger partial charge in [-0.15, -0.1) is 0 Å². The minimum atomic E-state index is -0.0353. The molecule has 0 heterocycles. The van der Waals surface area contributed by atoms with E-state index in [9.17, 15) is 0 Å². The lowest BCUT2D eigenvalue weighted by molar-refractivity contribution is 0.529. The highest BCUT2D eigenvalue weighted by molar-refractivity contribution is 6.20. The van der Waals surface area contributed by atoms with E-state index in [1.54, 1.807) is 0 Å². The number of aryl methyl sites for hydroxylation is 1. The van der Waals surface area contributed by atoms with Crippen molar-refractivity contribution in [1.29, 1.82) is 0 Å². The lowest BCUT2D eigenvalue weighted by atomic mass is 9.90. The molecule has 3 nitrogen and oxygen atoms in total. The molecule has 2 unspecified atom stereocenters. The number of anilines is 5. The molecule has 0 radical (unpaired) electrons. The Bertz CT molecular complexity index is 3180. The fraction of sp³-hybridized carbons (Fsp3) is 0.119. The Hall–Kier alpha value is -7.36. The maximum atomic E-state index is 7.25. The van der Waals surface area contributed by atoms with Crippen LogP contribution < -0.4 is 15.5 Å². The highest BCUT2D eigenvalue weighted by atomic mass is 15.2. The van der Waals surface area contributed by atoms with Crippen molar-refractivity contribution in [1.82, 2.24) is 0 Å². The molecule has 0 saturated heterocycles. The second-order valence-electron chi connectivity index (χ2n) is 16.8. The zero-order chi connectivity index (χ0) is 42.3. The molecule has 3 heteroatoms. The van der Waals surface area contributed by atoms with Crippen molar-refractivity contribution in [3.05, 3.63) is 218 Å².